The lowest BCUT2D eigenvalue weighted by Gasteiger charge is -2.27. The van der Waals surface area contributed by atoms with E-state index in [1.165, 1.54) is 7.11 Å². The zero-order valence-electron chi connectivity index (χ0n) is 19.3. The Hall–Kier alpha value is -3.41. The molecule has 1 aromatic heterocycles. The highest BCUT2D eigenvalue weighted by molar-refractivity contribution is 5.96. The summed E-state index contributed by atoms with van der Waals surface area (Å²) < 4.78 is 13.6. The zero-order chi connectivity index (χ0) is 23.4. The number of hydrogen-bond acceptors (Lipinski definition) is 6. The molecule has 33 heavy (non-hydrogen) atoms. The van der Waals surface area contributed by atoms with Gasteiger partial charge in [-0.05, 0) is 32.0 Å². The Morgan fingerprint density at radius 3 is 2.48 bits per heavy atom. The normalized spacial score (nSPS) is 14.2. The van der Waals surface area contributed by atoms with Gasteiger partial charge in [0.15, 0.2) is 7.11 Å². The van der Waals surface area contributed by atoms with E-state index in [2.05, 4.69) is 34.6 Å². The van der Waals surface area contributed by atoms with Crippen molar-refractivity contribution >= 4 is 16.6 Å². The molecule has 3 aromatic rings. The number of aryl methyl sites for hydroxylation is 1. The van der Waals surface area contributed by atoms with E-state index in [1.807, 2.05) is 19.1 Å². The number of hydrogen-bond donors (Lipinski definition) is 0. The predicted molar refractivity (Wildman–Crippen MR) is 125 cm³/mol. The van der Waals surface area contributed by atoms with Crippen LogP contribution in [0.3, 0.4) is 0 Å². The second-order valence-electron chi connectivity index (χ2n) is 7.86. The van der Waals surface area contributed by atoms with Crippen molar-refractivity contribution in [3.8, 4) is 23.1 Å². The summed E-state index contributed by atoms with van der Waals surface area (Å²) in [5, 5.41) is 11.1. The number of nitrogens with zero attached hydrogens (tertiary/aromatic N) is 4. The second kappa shape index (κ2) is 10.0. The van der Waals surface area contributed by atoms with Crippen molar-refractivity contribution in [3.63, 3.8) is 0 Å². The van der Waals surface area contributed by atoms with Crippen molar-refractivity contribution in [3.05, 3.63) is 52.4 Å². The molecule has 0 aliphatic carbocycles. The maximum Gasteiger partial charge on any atom is 0.316 e. The number of ether oxygens (including phenoxy) is 2. The average Bonchev–Trinajstić information content (AvgIpc) is 3.16. The van der Waals surface area contributed by atoms with Crippen LogP contribution in [0.1, 0.15) is 25.0 Å². The SMILES string of the molecule is CCOc1cc2c(cc1CN1CCOCC1)c(C#N)c(-c1ccc([N+](=O)OC)cc1)n2CC. The lowest BCUT2D eigenvalue weighted by atomic mass is 10.0. The summed E-state index contributed by atoms with van der Waals surface area (Å²) in [6, 6.07) is 13.7. The summed E-state index contributed by atoms with van der Waals surface area (Å²) in [7, 11) is 1.33. The Morgan fingerprint density at radius 1 is 1.15 bits per heavy atom. The third-order valence-electron chi connectivity index (χ3n) is 5.99. The minimum atomic E-state index is 0.394. The van der Waals surface area contributed by atoms with Crippen LogP contribution in [0.4, 0.5) is 5.69 Å². The summed E-state index contributed by atoms with van der Waals surface area (Å²) in [5.74, 6) is 0.845. The molecule has 1 saturated heterocycles. The number of fused-ring (bicyclic) bond motifs is 1. The molecule has 8 nitrogen and oxygen atoms in total. The Bertz CT molecular complexity index is 1190. The maximum absolute atomic E-state index is 11.8. The van der Waals surface area contributed by atoms with Crippen LogP contribution in [0.15, 0.2) is 36.4 Å². The first-order chi connectivity index (χ1) is 16.1. The predicted octanol–water partition coefficient (Wildman–Crippen LogP) is 4.40. The highest BCUT2D eigenvalue weighted by Gasteiger charge is 2.23. The van der Waals surface area contributed by atoms with E-state index in [-0.39, 0.29) is 0 Å². The van der Waals surface area contributed by atoms with Crippen LogP contribution >= 0.6 is 0 Å². The summed E-state index contributed by atoms with van der Waals surface area (Å²) >= 11 is 0. The standard InChI is InChI=1S/C25H29N4O4/c1-4-28-23-15-24(33-5-2)19(17-27-10-12-32-13-11-27)14-21(23)22(16-26)25(28)18-6-8-20(9-7-18)29(30)31-3/h6-9,14-15H,4-5,10-13,17H2,1-3H3/q+1. The molecule has 1 aliphatic rings. The van der Waals surface area contributed by atoms with E-state index in [0.717, 1.165) is 66.3 Å². The number of rotatable bonds is 8. The minimum absolute atomic E-state index is 0.394. The molecule has 2 heterocycles. The van der Waals surface area contributed by atoms with Gasteiger partial charge >= 0.3 is 5.69 Å². The van der Waals surface area contributed by atoms with E-state index >= 15 is 0 Å². The molecule has 1 fully saturated rings. The van der Waals surface area contributed by atoms with Gasteiger partial charge in [-0.2, -0.15) is 5.26 Å². The number of aromatic nitrogens is 1. The Morgan fingerprint density at radius 2 is 1.88 bits per heavy atom. The molecule has 4 rings (SSSR count). The van der Waals surface area contributed by atoms with Gasteiger partial charge in [0.05, 0.1) is 41.5 Å². The Kier molecular flexibility index (Phi) is 6.92. The number of morpholine rings is 1. The topological polar surface area (TPSA) is 79.7 Å². The van der Waals surface area contributed by atoms with Crippen molar-refractivity contribution < 1.29 is 19.2 Å². The van der Waals surface area contributed by atoms with Crippen LogP contribution in [0.2, 0.25) is 0 Å². The fourth-order valence-electron chi connectivity index (χ4n) is 4.42. The molecule has 172 valence electrons. The summed E-state index contributed by atoms with van der Waals surface area (Å²) in [4.78, 5) is 19.3. The fourth-order valence-corrected chi connectivity index (χ4v) is 4.42. The quantitative estimate of drug-likeness (QED) is 0.474. The van der Waals surface area contributed by atoms with Crippen molar-refractivity contribution in [2.24, 2.45) is 0 Å². The van der Waals surface area contributed by atoms with E-state index in [9.17, 15) is 10.2 Å². The third kappa shape index (κ3) is 4.42. The van der Waals surface area contributed by atoms with Crippen LogP contribution in [-0.4, -0.2) is 54.4 Å². The van der Waals surface area contributed by atoms with Crippen LogP contribution in [-0.2, 0) is 22.7 Å². The van der Waals surface area contributed by atoms with Gasteiger partial charge < -0.3 is 14.0 Å². The molecular weight excluding hydrogens is 420 g/mol. The van der Waals surface area contributed by atoms with E-state index in [1.54, 1.807) is 12.1 Å². The van der Waals surface area contributed by atoms with Gasteiger partial charge in [0.2, 0.25) is 0 Å². The smallest absolute Gasteiger partial charge is 0.316 e. The van der Waals surface area contributed by atoms with E-state index < -0.39 is 0 Å². The molecule has 1 aliphatic heterocycles. The molecule has 0 amide bonds. The monoisotopic (exact) mass is 449 g/mol. The van der Waals surface area contributed by atoms with Crippen LogP contribution in [0.25, 0.3) is 22.2 Å². The molecule has 0 unspecified atom stereocenters. The highest BCUT2D eigenvalue weighted by atomic mass is 16.8. The Balaban J connectivity index is 1.85. The van der Waals surface area contributed by atoms with Gasteiger partial charge in [0.25, 0.3) is 4.92 Å². The Labute approximate surface area is 193 Å². The minimum Gasteiger partial charge on any atom is -0.493 e. The first kappa shape index (κ1) is 22.8. The van der Waals surface area contributed by atoms with Crippen molar-refractivity contribution in [1.29, 1.82) is 5.26 Å². The molecule has 0 bridgehead atoms. The first-order valence-electron chi connectivity index (χ1n) is 11.2. The first-order valence-corrected chi connectivity index (χ1v) is 11.2. The second-order valence-corrected chi connectivity index (χ2v) is 7.86. The average molecular weight is 450 g/mol. The third-order valence-corrected chi connectivity index (χ3v) is 5.99. The molecular formula is C25H29N4O4+. The van der Waals surface area contributed by atoms with E-state index in [0.29, 0.717) is 29.3 Å². The molecule has 0 spiro atoms. The number of benzene rings is 2. The number of nitriles is 1. The van der Waals surface area contributed by atoms with Gasteiger partial charge in [-0.3, -0.25) is 4.90 Å². The lowest BCUT2D eigenvalue weighted by molar-refractivity contribution is -0.736. The molecule has 8 heteroatoms. The molecule has 0 radical (unpaired) electrons. The van der Waals surface area contributed by atoms with Crippen LogP contribution in [0.5, 0.6) is 5.75 Å². The van der Waals surface area contributed by atoms with Crippen molar-refractivity contribution in [1.82, 2.24) is 9.47 Å². The summed E-state index contributed by atoms with van der Waals surface area (Å²) in [5.41, 5.74) is 4.75. The molecule has 2 aromatic carbocycles. The van der Waals surface area contributed by atoms with Gasteiger partial charge in [-0.15, -0.1) is 0 Å². The molecule has 0 atom stereocenters. The summed E-state index contributed by atoms with van der Waals surface area (Å²) in [6.07, 6.45) is 0. The van der Waals surface area contributed by atoms with Gasteiger partial charge in [-0.1, -0.05) is 0 Å². The summed E-state index contributed by atoms with van der Waals surface area (Å²) in [6.45, 7) is 9.25. The van der Waals surface area contributed by atoms with Crippen molar-refractivity contribution in [2.45, 2.75) is 26.9 Å². The largest absolute Gasteiger partial charge is 0.493 e. The van der Waals surface area contributed by atoms with Crippen LogP contribution < -0.4 is 4.74 Å². The lowest BCUT2D eigenvalue weighted by Crippen LogP contribution is -2.35. The van der Waals surface area contributed by atoms with E-state index in [4.69, 9.17) is 14.3 Å². The molecule has 0 N–H and O–H groups in total. The fraction of sp³-hybridized carbons (Fsp3) is 0.400. The maximum atomic E-state index is 11.8. The van der Waals surface area contributed by atoms with Crippen LogP contribution in [0, 0.1) is 16.2 Å². The molecule has 0 saturated carbocycles. The van der Waals surface area contributed by atoms with Gasteiger partial charge in [0, 0.05) is 60.9 Å². The highest BCUT2D eigenvalue weighted by Crippen LogP contribution is 2.38. The zero-order valence-corrected chi connectivity index (χ0v) is 19.3. The van der Waals surface area contributed by atoms with Gasteiger partial charge in [-0.25, -0.2) is 4.84 Å². The van der Waals surface area contributed by atoms with Gasteiger partial charge in [0.1, 0.15) is 11.8 Å². The van der Waals surface area contributed by atoms with Crippen molar-refractivity contribution in [2.75, 3.05) is 40.0 Å².